The molecule has 2 nitrogen and oxygen atoms in total. The molecule has 0 atom stereocenters. The van der Waals surface area contributed by atoms with Gasteiger partial charge in [-0.05, 0) is 12.1 Å². The highest BCUT2D eigenvalue weighted by molar-refractivity contribution is 7.99. The number of rotatable bonds is 9. The van der Waals surface area contributed by atoms with Crippen LogP contribution < -0.4 is 0 Å². The Morgan fingerprint density at radius 2 is 1.39 bits per heavy atom. The number of nitrogens with zero attached hydrogens (tertiary/aromatic N) is 1. The summed E-state index contributed by atoms with van der Waals surface area (Å²) in [5.41, 5.74) is 3.21. The van der Waals surface area contributed by atoms with Gasteiger partial charge < -0.3 is 9.64 Å². The molecule has 0 spiro atoms. The summed E-state index contributed by atoms with van der Waals surface area (Å²) in [4.78, 5) is 3.55. The number of hydrogen-bond donors (Lipinski definition) is 0. The van der Waals surface area contributed by atoms with E-state index in [1.54, 1.807) is 0 Å². The molecule has 3 aromatic rings. The lowest BCUT2D eigenvalue weighted by Gasteiger charge is -2.26. The molecule has 0 aliphatic rings. The molecule has 0 saturated heterocycles. The number of hydrogen-bond acceptors (Lipinski definition) is 3. The molecule has 0 saturated carbocycles. The Balaban J connectivity index is 1.90. The van der Waals surface area contributed by atoms with Crippen molar-refractivity contribution in [3.8, 4) is 0 Å². The molecule has 28 heavy (non-hydrogen) atoms. The van der Waals surface area contributed by atoms with Crippen LogP contribution in [-0.2, 0) is 4.74 Å². The van der Waals surface area contributed by atoms with Crippen LogP contribution >= 0.6 is 11.8 Å². The fraction of sp³-hybridized carbons (Fsp3) is 0.120. The van der Waals surface area contributed by atoms with E-state index in [1.807, 2.05) is 42.1 Å². The molecule has 0 unspecified atom stereocenters. The molecule has 0 radical (unpaired) electrons. The molecule has 0 fully saturated rings. The van der Waals surface area contributed by atoms with Gasteiger partial charge >= 0.3 is 0 Å². The maximum atomic E-state index is 5.93. The Hall–Kier alpha value is -2.91. The van der Waals surface area contributed by atoms with E-state index in [9.17, 15) is 0 Å². The minimum Gasteiger partial charge on any atom is -0.463 e. The molecular weight excluding hydrogens is 362 g/mol. The average molecular weight is 388 g/mol. The van der Waals surface area contributed by atoms with E-state index in [2.05, 4.69) is 79.2 Å². The van der Waals surface area contributed by atoms with Crippen LogP contribution in [0.5, 0.6) is 0 Å². The van der Waals surface area contributed by atoms with Gasteiger partial charge in [0.2, 0.25) is 0 Å². The first-order chi connectivity index (χ1) is 13.8. The van der Waals surface area contributed by atoms with Crippen LogP contribution in [0.2, 0.25) is 0 Å². The lowest BCUT2D eigenvalue weighted by molar-refractivity contribution is 0.423. The maximum absolute atomic E-state index is 5.93. The van der Waals surface area contributed by atoms with Crippen molar-refractivity contribution in [1.82, 2.24) is 4.90 Å². The van der Waals surface area contributed by atoms with E-state index in [4.69, 9.17) is 4.74 Å². The predicted molar refractivity (Wildman–Crippen MR) is 121 cm³/mol. The molecule has 142 valence electrons. The van der Waals surface area contributed by atoms with Crippen molar-refractivity contribution in [2.24, 2.45) is 0 Å². The molecule has 3 rings (SSSR count). The highest BCUT2D eigenvalue weighted by Crippen LogP contribution is 2.30. The van der Waals surface area contributed by atoms with Crippen molar-refractivity contribution >= 4 is 23.2 Å². The Morgan fingerprint density at radius 3 is 1.96 bits per heavy atom. The first-order valence-corrected chi connectivity index (χ1v) is 10.3. The van der Waals surface area contributed by atoms with E-state index >= 15 is 0 Å². The van der Waals surface area contributed by atoms with Gasteiger partial charge in [0, 0.05) is 35.4 Å². The summed E-state index contributed by atoms with van der Waals surface area (Å²) in [5, 5.41) is 0. The van der Waals surface area contributed by atoms with E-state index in [-0.39, 0.29) is 0 Å². The third-order valence-electron chi connectivity index (χ3n) is 4.32. The zero-order valence-corrected chi connectivity index (χ0v) is 16.9. The summed E-state index contributed by atoms with van der Waals surface area (Å²) in [7, 11) is 2.11. The van der Waals surface area contributed by atoms with Gasteiger partial charge in [-0.3, -0.25) is 0 Å². The third-order valence-corrected chi connectivity index (χ3v) is 5.31. The second-order valence-electron chi connectivity index (χ2n) is 6.28. The second-order valence-corrected chi connectivity index (χ2v) is 7.45. The van der Waals surface area contributed by atoms with Gasteiger partial charge in [-0.2, -0.15) is 0 Å². The topological polar surface area (TPSA) is 12.5 Å². The van der Waals surface area contributed by atoms with Crippen LogP contribution in [0.3, 0.4) is 0 Å². The lowest BCUT2D eigenvalue weighted by atomic mass is 10.1. The van der Waals surface area contributed by atoms with E-state index in [0.717, 1.165) is 34.9 Å². The molecule has 0 N–H and O–H groups in total. The summed E-state index contributed by atoms with van der Waals surface area (Å²) in [6.07, 6.45) is 1.50. The highest BCUT2D eigenvalue weighted by Gasteiger charge is 2.17. The van der Waals surface area contributed by atoms with E-state index in [1.165, 1.54) is 11.2 Å². The summed E-state index contributed by atoms with van der Waals surface area (Å²) >= 11 is 1.86. The van der Waals surface area contributed by atoms with E-state index in [0.29, 0.717) is 0 Å². The smallest absolute Gasteiger partial charge is 0.157 e. The molecule has 0 bridgehead atoms. The van der Waals surface area contributed by atoms with Crippen LogP contribution in [0.1, 0.15) is 11.1 Å². The summed E-state index contributed by atoms with van der Waals surface area (Å²) < 4.78 is 5.93. The highest BCUT2D eigenvalue weighted by atomic mass is 32.2. The normalized spacial score (nSPS) is 11.5. The second kappa shape index (κ2) is 10.4. The largest absolute Gasteiger partial charge is 0.463 e. The SMILES string of the molecule is C=CO/C(=C(/c1ccccc1)N(C)CCSc1ccccc1)c1ccccc1. The Kier molecular flexibility index (Phi) is 7.39. The van der Waals surface area contributed by atoms with Crippen molar-refractivity contribution in [3.05, 3.63) is 115 Å². The van der Waals surface area contributed by atoms with Gasteiger partial charge in [-0.25, -0.2) is 0 Å². The maximum Gasteiger partial charge on any atom is 0.157 e. The minimum atomic E-state index is 0.814. The molecular formula is C25H25NOS. The lowest BCUT2D eigenvalue weighted by Crippen LogP contribution is -2.21. The van der Waals surface area contributed by atoms with Crippen LogP contribution in [0, 0.1) is 0 Å². The van der Waals surface area contributed by atoms with Gasteiger partial charge in [-0.1, -0.05) is 85.4 Å². The quantitative estimate of drug-likeness (QED) is 0.240. The van der Waals surface area contributed by atoms with Crippen molar-refractivity contribution in [3.63, 3.8) is 0 Å². The number of ether oxygens (including phenoxy) is 1. The molecule has 0 amide bonds. The monoisotopic (exact) mass is 387 g/mol. The fourth-order valence-electron chi connectivity index (χ4n) is 2.98. The summed E-state index contributed by atoms with van der Waals surface area (Å²) in [6, 6.07) is 31.1. The van der Waals surface area contributed by atoms with Crippen molar-refractivity contribution in [2.45, 2.75) is 4.90 Å². The zero-order valence-electron chi connectivity index (χ0n) is 16.1. The minimum absolute atomic E-state index is 0.814. The molecule has 3 heteroatoms. The van der Waals surface area contributed by atoms with Crippen LogP contribution in [-0.4, -0.2) is 24.2 Å². The summed E-state index contributed by atoms with van der Waals surface area (Å²) in [6.45, 7) is 4.67. The first-order valence-electron chi connectivity index (χ1n) is 9.31. The van der Waals surface area contributed by atoms with Crippen molar-refractivity contribution < 1.29 is 4.74 Å². The number of benzene rings is 3. The van der Waals surface area contributed by atoms with Gasteiger partial charge in [0.15, 0.2) is 5.76 Å². The molecule has 0 aliphatic heterocycles. The molecule has 0 aliphatic carbocycles. The fourth-order valence-corrected chi connectivity index (χ4v) is 3.93. The van der Waals surface area contributed by atoms with Crippen molar-refractivity contribution in [1.29, 1.82) is 0 Å². The Labute approximate surface area is 172 Å². The van der Waals surface area contributed by atoms with Gasteiger partial charge in [0.1, 0.15) is 0 Å². The molecule has 3 aromatic carbocycles. The first kappa shape index (κ1) is 19.8. The Bertz CT molecular complexity index is 892. The van der Waals surface area contributed by atoms with Crippen LogP contribution in [0.25, 0.3) is 11.5 Å². The summed E-state index contributed by atoms with van der Waals surface area (Å²) in [5.74, 6) is 1.79. The molecule has 0 aromatic heterocycles. The standard InChI is InChI=1S/C25H25NOS/c1-3-27-25(22-15-9-5-10-16-22)24(21-13-7-4-8-14-21)26(2)19-20-28-23-17-11-6-12-18-23/h3-18H,1,19-20H2,2H3/b25-24-. The van der Waals surface area contributed by atoms with Gasteiger partial charge in [0.25, 0.3) is 0 Å². The van der Waals surface area contributed by atoms with Crippen LogP contribution in [0.4, 0.5) is 0 Å². The Morgan fingerprint density at radius 1 is 0.857 bits per heavy atom. The van der Waals surface area contributed by atoms with Crippen molar-refractivity contribution in [2.75, 3.05) is 19.3 Å². The third kappa shape index (κ3) is 5.30. The molecule has 0 heterocycles. The number of thioether (sulfide) groups is 1. The van der Waals surface area contributed by atoms with Gasteiger partial charge in [-0.15, -0.1) is 11.8 Å². The average Bonchev–Trinajstić information content (AvgIpc) is 2.75. The predicted octanol–water partition coefficient (Wildman–Crippen LogP) is 6.40. The van der Waals surface area contributed by atoms with E-state index < -0.39 is 0 Å². The van der Waals surface area contributed by atoms with Gasteiger partial charge in [0.05, 0.1) is 12.0 Å². The zero-order chi connectivity index (χ0) is 19.6. The van der Waals surface area contributed by atoms with Crippen LogP contribution in [0.15, 0.2) is 109 Å².